The largest absolute Gasteiger partial charge is 0.373 e. The Morgan fingerprint density at radius 1 is 1.22 bits per heavy atom. The second kappa shape index (κ2) is 6.71. The molecule has 2 atom stereocenters. The molecule has 1 amide bonds. The minimum absolute atomic E-state index is 0.184. The summed E-state index contributed by atoms with van der Waals surface area (Å²) in [5.41, 5.74) is 4.77. The summed E-state index contributed by atoms with van der Waals surface area (Å²) in [5.74, 6) is -0.321. The summed E-state index contributed by atoms with van der Waals surface area (Å²) in [4.78, 5) is 15.0. The van der Waals surface area contributed by atoms with Crippen molar-refractivity contribution in [1.29, 1.82) is 5.26 Å². The molecule has 3 rings (SSSR count). The number of carbonyl (C=O) groups is 1. The monoisotopic (exact) mass is 365 g/mol. The highest BCUT2D eigenvalue weighted by Gasteiger charge is 2.48. The van der Waals surface area contributed by atoms with E-state index in [1.54, 1.807) is 6.20 Å². The number of nitriles is 1. The Hall–Kier alpha value is -2.28. The van der Waals surface area contributed by atoms with Crippen LogP contribution >= 0.6 is 0 Å². The van der Waals surface area contributed by atoms with Crippen molar-refractivity contribution in [2.45, 2.75) is 66.8 Å². The number of hydrogen-bond donors (Lipinski definition) is 1. The molecule has 1 aliphatic heterocycles. The van der Waals surface area contributed by atoms with E-state index in [1.807, 2.05) is 32.9 Å². The van der Waals surface area contributed by atoms with Crippen LogP contribution in [-0.2, 0) is 4.79 Å². The third-order valence-electron chi connectivity index (χ3n) is 6.03. The molecule has 0 radical (unpaired) electrons. The number of anilines is 1. The zero-order valence-corrected chi connectivity index (χ0v) is 17.4. The molecular formula is C23H31N3O. The van der Waals surface area contributed by atoms with Crippen LogP contribution < -0.4 is 5.32 Å². The maximum Gasteiger partial charge on any atom is 0.267 e. The smallest absolute Gasteiger partial charge is 0.267 e. The molecule has 2 fully saturated rings. The number of nitrogens with zero attached hydrogens (tertiary/aromatic N) is 2. The number of fused-ring (bicyclic) bond motifs is 2. The van der Waals surface area contributed by atoms with Gasteiger partial charge in [0.15, 0.2) is 0 Å². The lowest BCUT2D eigenvalue weighted by atomic mass is 9.65. The van der Waals surface area contributed by atoms with Gasteiger partial charge in [-0.15, -0.1) is 0 Å². The molecule has 1 aliphatic carbocycles. The fourth-order valence-corrected chi connectivity index (χ4v) is 5.52. The third kappa shape index (κ3) is 4.03. The molecule has 1 aromatic rings. The van der Waals surface area contributed by atoms with Gasteiger partial charge in [-0.3, -0.25) is 4.79 Å². The minimum Gasteiger partial charge on any atom is -0.373 e. The van der Waals surface area contributed by atoms with E-state index in [0.717, 1.165) is 36.2 Å². The first kappa shape index (κ1) is 19.5. The Morgan fingerprint density at radius 2 is 1.85 bits per heavy atom. The molecule has 0 spiro atoms. The summed E-state index contributed by atoms with van der Waals surface area (Å²) in [6.07, 6.45) is 5.24. The van der Waals surface area contributed by atoms with Gasteiger partial charge in [-0.25, -0.2) is 0 Å². The average molecular weight is 366 g/mol. The molecule has 1 aromatic carbocycles. The standard InChI is InChI=1S/C23H31N3O/c1-15-7-16(2)20(17(3)8-15)25-21(27)18(11-24)12-26-14-23(6)10-19(26)9-22(4,5)13-23/h7-8,12,19H,9-10,13-14H2,1-6H3,(H,25,27)/b18-12-. The number of amides is 1. The van der Waals surface area contributed by atoms with Crippen LogP contribution in [0, 0.1) is 42.9 Å². The summed E-state index contributed by atoms with van der Waals surface area (Å²) in [5, 5.41) is 12.6. The predicted octanol–water partition coefficient (Wildman–Crippen LogP) is 4.86. The minimum atomic E-state index is -0.321. The second-order valence-electron chi connectivity index (χ2n) is 9.77. The quantitative estimate of drug-likeness (QED) is 0.615. The van der Waals surface area contributed by atoms with E-state index in [0.29, 0.717) is 11.5 Å². The summed E-state index contributed by atoms with van der Waals surface area (Å²) >= 11 is 0. The first-order chi connectivity index (χ1) is 12.5. The molecule has 2 aliphatic rings. The van der Waals surface area contributed by atoms with E-state index < -0.39 is 0 Å². The summed E-state index contributed by atoms with van der Waals surface area (Å²) in [6, 6.07) is 6.63. The van der Waals surface area contributed by atoms with E-state index in [9.17, 15) is 10.1 Å². The maximum absolute atomic E-state index is 12.8. The first-order valence-corrected chi connectivity index (χ1v) is 9.79. The van der Waals surface area contributed by atoms with Crippen molar-refractivity contribution in [3.05, 3.63) is 40.6 Å². The Bertz CT molecular complexity index is 823. The van der Waals surface area contributed by atoms with Gasteiger partial charge in [0.05, 0.1) is 0 Å². The molecule has 27 heavy (non-hydrogen) atoms. The van der Waals surface area contributed by atoms with Crippen molar-refractivity contribution < 1.29 is 4.79 Å². The van der Waals surface area contributed by atoms with E-state index >= 15 is 0 Å². The van der Waals surface area contributed by atoms with Gasteiger partial charge >= 0.3 is 0 Å². The van der Waals surface area contributed by atoms with Crippen LogP contribution in [0.2, 0.25) is 0 Å². The van der Waals surface area contributed by atoms with Crippen LogP contribution in [0.3, 0.4) is 0 Å². The number of likely N-dealkylation sites (tertiary alicyclic amines) is 1. The number of nitrogens with one attached hydrogen (secondary N) is 1. The van der Waals surface area contributed by atoms with Gasteiger partial charge in [-0.2, -0.15) is 5.26 Å². The normalized spacial score (nSPS) is 26.6. The van der Waals surface area contributed by atoms with E-state index in [4.69, 9.17) is 0 Å². The van der Waals surface area contributed by atoms with Crippen LogP contribution in [0.15, 0.2) is 23.9 Å². The number of carbonyl (C=O) groups excluding carboxylic acids is 1. The Kier molecular flexibility index (Phi) is 4.84. The van der Waals surface area contributed by atoms with E-state index in [2.05, 4.69) is 37.1 Å². The second-order valence-corrected chi connectivity index (χ2v) is 9.77. The van der Waals surface area contributed by atoms with Gasteiger partial charge < -0.3 is 10.2 Å². The van der Waals surface area contributed by atoms with Crippen molar-refractivity contribution in [3.8, 4) is 6.07 Å². The van der Waals surface area contributed by atoms with Crippen LogP contribution in [0.5, 0.6) is 0 Å². The molecule has 2 bridgehead atoms. The molecular weight excluding hydrogens is 334 g/mol. The predicted molar refractivity (Wildman–Crippen MR) is 109 cm³/mol. The van der Waals surface area contributed by atoms with Gasteiger partial charge in [0.2, 0.25) is 0 Å². The summed E-state index contributed by atoms with van der Waals surface area (Å²) < 4.78 is 0. The lowest BCUT2D eigenvalue weighted by Gasteiger charge is -2.39. The van der Waals surface area contributed by atoms with Crippen LogP contribution in [0.4, 0.5) is 5.69 Å². The highest BCUT2D eigenvalue weighted by Crippen LogP contribution is 2.52. The zero-order valence-electron chi connectivity index (χ0n) is 17.4. The van der Waals surface area contributed by atoms with Crippen molar-refractivity contribution in [2.75, 3.05) is 11.9 Å². The van der Waals surface area contributed by atoms with Crippen molar-refractivity contribution in [2.24, 2.45) is 10.8 Å². The maximum atomic E-state index is 12.8. The molecule has 1 N–H and O–H groups in total. The number of rotatable bonds is 3. The Balaban J connectivity index is 1.82. The highest BCUT2D eigenvalue weighted by atomic mass is 16.1. The number of benzene rings is 1. The van der Waals surface area contributed by atoms with Gasteiger partial charge in [-0.1, -0.05) is 38.5 Å². The third-order valence-corrected chi connectivity index (χ3v) is 6.03. The molecule has 2 unspecified atom stereocenters. The van der Waals surface area contributed by atoms with Crippen molar-refractivity contribution >= 4 is 11.6 Å². The van der Waals surface area contributed by atoms with E-state index in [1.165, 1.54) is 12.0 Å². The first-order valence-electron chi connectivity index (χ1n) is 9.79. The van der Waals surface area contributed by atoms with Gasteiger partial charge in [0, 0.05) is 24.5 Å². The van der Waals surface area contributed by atoms with Crippen LogP contribution in [0.25, 0.3) is 0 Å². The number of aryl methyl sites for hydroxylation is 3. The summed E-state index contributed by atoms with van der Waals surface area (Å²) in [7, 11) is 0. The molecule has 144 valence electrons. The van der Waals surface area contributed by atoms with Gasteiger partial charge in [0.1, 0.15) is 11.6 Å². The zero-order chi connectivity index (χ0) is 20.0. The molecule has 4 nitrogen and oxygen atoms in total. The van der Waals surface area contributed by atoms with Crippen LogP contribution in [-0.4, -0.2) is 23.4 Å². The average Bonchev–Trinajstić information content (AvgIpc) is 2.76. The SMILES string of the molecule is Cc1cc(C)c(NC(=O)/C(C#N)=C\N2CC3(C)CC2CC(C)(C)C3)c(C)c1. The number of hydrogen-bond acceptors (Lipinski definition) is 3. The lowest BCUT2D eigenvalue weighted by molar-refractivity contribution is -0.112. The van der Waals surface area contributed by atoms with Crippen molar-refractivity contribution in [1.82, 2.24) is 4.90 Å². The Labute approximate surface area is 163 Å². The lowest BCUT2D eigenvalue weighted by Crippen LogP contribution is -2.33. The van der Waals surface area contributed by atoms with Gasteiger partial charge in [0.25, 0.3) is 5.91 Å². The fraction of sp³-hybridized carbons (Fsp3) is 0.565. The Morgan fingerprint density at radius 3 is 2.44 bits per heavy atom. The summed E-state index contributed by atoms with van der Waals surface area (Å²) in [6.45, 7) is 13.9. The topological polar surface area (TPSA) is 56.1 Å². The highest BCUT2D eigenvalue weighted by molar-refractivity contribution is 6.07. The van der Waals surface area contributed by atoms with Gasteiger partial charge in [-0.05, 0) is 62.0 Å². The molecule has 1 saturated carbocycles. The molecule has 4 heteroatoms. The molecule has 1 heterocycles. The fourth-order valence-electron chi connectivity index (χ4n) is 5.52. The molecule has 1 saturated heterocycles. The van der Waals surface area contributed by atoms with Crippen molar-refractivity contribution in [3.63, 3.8) is 0 Å². The van der Waals surface area contributed by atoms with E-state index in [-0.39, 0.29) is 16.9 Å². The van der Waals surface area contributed by atoms with Crippen LogP contribution in [0.1, 0.15) is 56.7 Å². The molecule has 0 aromatic heterocycles.